The Kier molecular flexibility index (Phi) is 2.30. The van der Waals surface area contributed by atoms with E-state index in [2.05, 4.69) is 0 Å². The van der Waals surface area contributed by atoms with Gasteiger partial charge in [-0.1, -0.05) is 0 Å². The van der Waals surface area contributed by atoms with Gasteiger partial charge in [0.2, 0.25) is 0 Å². The summed E-state index contributed by atoms with van der Waals surface area (Å²) in [6.45, 7) is 4.90. The second kappa shape index (κ2) is 3.13. The zero-order valence-electron chi connectivity index (χ0n) is 8.44. The van der Waals surface area contributed by atoms with E-state index in [0.29, 0.717) is 0 Å². The van der Waals surface area contributed by atoms with Gasteiger partial charge in [0.05, 0.1) is 6.10 Å². The minimum atomic E-state index is -1.33. The number of hydrogen-bond donors (Lipinski definition) is 1. The van der Waals surface area contributed by atoms with E-state index in [0.717, 1.165) is 0 Å². The van der Waals surface area contributed by atoms with Crippen LogP contribution in [0.15, 0.2) is 0 Å². The van der Waals surface area contributed by atoms with Crippen LogP contribution in [0.1, 0.15) is 20.8 Å². The van der Waals surface area contributed by atoms with Crippen molar-refractivity contribution in [3.05, 3.63) is 0 Å². The van der Waals surface area contributed by atoms with Gasteiger partial charge in [0.25, 0.3) is 0 Å². The maximum absolute atomic E-state index is 13.6. The molecule has 4 nitrogen and oxygen atoms in total. The predicted molar refractivity (Wildman–Crippen MR) is 45.3 cm³/mol. The molecule has 2 fully saturated rings. The van der Waals surface area contributed by atoms with E-state index in [4.69, 9.17) is 14.2 Å². The van der Waals surface area contributed by atoms with E-state index in [1.54, 1.807) is 13.8 Å². The van der Waals surface area contributed by atoms with Crippen molar-refractivity contribution >= 4 is 0 Å². The van der Waals surface area contributed by atoms with Crippen LogP contribution in [0.5, 0.6) is 0 Å². The average molecular weight is 206 g/mol. The Labute approximate surface area is 81.9 Å². The van der Waals surface area contributed by atoms with Gasteiger partial charge in [-0.3, -0.25) is 0 Å². The van der Waals surface area contributed by atoms with Crippen LogP contribution >= 0.6 is 0 Å². The highest BCUT2D eigenvalue weighted by molar-refractivity contribution is 4.94. The second-order valence-electron chi connectivity index (χ2n) is 4.25. The van der Waals surface area contributed by atoms with E-state index >= 15 is 0 Å². The fourth-order valence-corrected chi connectivity index (χ4v) is 1.87. The molecule has 0 radical (unpaired) electrons. The summed E-state index contributed by atoms with van der Waals surface area (Å²) in [6.07, 6.45) is -4.45. The Morgan fingerprint density at radius 2 is 2.00 bits per heavy atom. The molecule has 2 aliphatic rings. The summed E-state index contributed by atoms with van der Waals surface area (Å²) in [7, 11) is 0. The van der Waals surface area contributed by atoms with Gasteiger partial charge < -0.3 is 19.3 Å². The van der Waals surface area contributed by atoms with Crippen molar-refractivity contribution < 1.29 is 23.7 Å². The van der Waals surface area contributed by atoms with Gasteiger partial charge in [0.15, 0.2) is 18.2 Å². The van der Waals surface area contributed by atoms with Crippen molar-refractivity contribution in [1.82, 2.24) is 0 Å². The third-order valence-electron chi connectivity index (χ3n) is 2.48. The first-order valence-electron chi connectivity index (χ1n) is 4.74. The van der Waals surface area contributed by atoms with Gasteiger partial charge in [-0.15, -0.1) is 0 Å². The van der Waals surface area contributed by atoms with Crippen molar-refractivity contribution in [3.63, 3.8) is 0 Å². The zero-order chi connectivity index (χ0) is 10.5. The van der Waals surface area contributed by atoms with Crippen molar-refractivity contribution in [2.45, 2.75) is 57.3 Å². The molecular weight excluding hydrogens is 191 g/mol. The van der Waals surface area contributed by atoms with Crippen LogP contribution in [-0.2, 0) is 14.2 Å². The van der Waals surface area contributed by atoms with E-state index < -0.39 is 36.6 Å². The molecule has 1 N–H and O–H groups in total. The number of halogens is 1. The number of aliphatic hydroxyl groups is 1. The first-order valence-corrected chi connectivity index (χ1v) is 4.74. The summed E-state index contributed by atoms with van der Waals surface area (Å²) in [5.41, 5.74) is 0. The molecule has 2 rings (SSSR count). The largest absolute Gasteiger partial charge is 0.391 e. The van der Waals surface area contributed by atoms with E-state index in [1.165, 1.54) is 6.92 Å². The second-order valence-corrected chi connectivity index (χ2v) is 4.25. The number of rotatable bonds is 1. The molecule has 2 heterocycles. The van der Waals surface area contributed by atoms with Gasteiger partial charge in [0.1, 0.15) is 12.2 Å². The molecule has 0 aliphatic carbocycles. The molecule has 0 aromatic rings. The van der Waals surface area contributed by atoms with Gasteiger partial charge in [-0.2, -0.15) is 0 Å². The Bertz CT molecular complexity index is 229. The molecule has 0 unspecified atom stereocenters. The summed E-state index contributed by atoms with van der Waals surface area (Å²) in [6, 6.07) is 0. The van der Waals surface area contributed by atoms with Crippen LogP contribution in [0, 0.1) is 0 Å². The van der Waals surface area contributed by atoms with Gasteiger partial charge in [0, 0.05) is 0 Å². The Hall–Kier alpha value is -0.230. The molecule has 5 heteroatoms. The summed E-state index contributed by atoms with van der Waals surface area (Å²) in [5, 5.41) is 9.23. The maximum Gasteiger partial charge on any atom is 0.190 e. The number of hydrogen-bond acceptors (Lipinski definition) is 4. The quantitative estimate of drug-likeness (QED) is 0.681. The Morgan fingerprint density at radius 1 is 1.36 bits per heavy atom. The highest BCUT2D eigenvalue weighted by atomic mass is 19.1. The monoisotopic (exact) mass is 206 g/mol. The third-order valence-corrected chi connectivity index (χ3v) is 2.48. The first-order chi connectivity index (χ1) is 6.41. The van der Waals surface area contributed by atoms with Gasteiger partial charge in [-0.05, 0) is 20.8 Å². The lowest BCUT2D eigenvalue weighted by atomic mass is 10.1. The van der Waals surface area contributed by atoms with Crippen LogP contribution in [-0.4, -0.2) is 41.7 Å². The molecule has 14 heavy (non-hydrogen) atoms. The molecule has 5 atom stereocenters. The highest BCUT2D eigenvalue weighted by Gasteiger charge is 2.56. The number of ether oxygens (including phenoxy) is 3. The zero-order valence-corrected chi connectivity index (χ0v) is 8.44. The first kappa shape index (κ1) is 10.3. The lowest BCUT2D eigenvalue weighted by molar-refractivity contribution is -0.220. The van der Waals surface area contributed by atoms with Gasteiger partial charge >= 0.3 is 0 Å². The molecule has 0 aromatic heterocycles. The van der Waals surface area contributed by atoms with Crippen LogP contribution in [0.4, 0.5) is 4.39 Å². The Balaban J connectivity index is 2.08. The molecule has 0 bridgehead atoms. The molecule has 2 saturated heterocycles. The van der Waals surface area contributed by atoms with Crippen LogP contribution < -0.4 is 0 Å². The number of alkyl halides is 1. The lowest BCUT2D eigenvalue weighted by Crippen LogP contribution is -2.37. The normalized spacial score (nSPS) is 47.8. The molecule has 0 amide bonds. The number of aliphatic hydroxyl groups excluding tert-OH is 1. The molecule has 0 spiro atoms. The molecule has 0 aromatic carbocycles. The van der Waals surface area contributed by atoms with Crippen molar-refractivity contribution in [1.29, 1.82) is 0 Å². The summed E-state index contributed by atoms with van der Waals surface area (Å²) in [4.78, 5) is 0. The summed E-state index contributed by atoms with van der Waals surface area (Å²) < 4.78 is 29.5. The molecular formula is C9H15FO4. The summed E-state index contributed by atoms with van der Waals surface area (Å²) in [5.74, 6) is -0.802. The van der Waals surface area contributed by atoms with Gasteiger partial charge in [-0.25, -0.2) is 4.39 Å². The highest BCUT2D eigenvalue weighted by Crippen LogP contribution is 2.39. The number of fused-ring (bicyclic) bond motifs is 1. The SMILES string of the molecule is C[C@@H](O)[C@H]1O[C@@H]2OC(C)(C)O[C@@H]2[C@H]1F. The van der Waals surface area contributed by atoms with E-state index in [1.807, 2.05) is 0 Å². The molecule has 82 valence electrons. The molecule has 0 saturated carbocycles. The van der Waals surface area contributed by atoms with E-state index in [-0.39, 0.29) is 0 Å². The van der Waals surface area contributed by atoms with Crippen molar-refractivity contribution in [2.75, 3.05) is 0 Å². The Morgan fingerprint density at radius 3 is 2.50 bits per heavy atom. The predicted octanol–water partition coefficient (Wildman–Crippen LogP) is 0.582. The average Bonchev–Trinajstić information content (AvgIpc) is 2.46. The fraction of sp³-hybridized carbons (Fsp3) is 1.00. The van der Waals surface area contributed by atoms with Crippen LogP contribution in [0.2, 0.25) is 0 Å². The maximum atomic E-state index is 13.6. The third kappa shape index (κ3) is 1.54. The fourth-order valence-electron chi connectivity index (χ4n) is 1.87. The van der Waals surface area contributed by atoms with E-state index in [9.17, 15) is 9.50 Å². The topological polar surface area (TPSA) is 47.9 Å². The minimum absolute atomic E-state index is 0.695. The summed E-state index contributed by atoms with van der Waals surface area (Å²) >= 11 is 0. The minimum Gasteiger partial charge on any atom is -0.391 e. The van der Waals surface area contributed by atoms with Crippen LogP contribution in [0.25, 0.3) is 0 Å². The molecule has 2 aliphatic heterocycles. The lowest BCUT2D eigenvalue weighted by Gasteiger charge is -2.23. The van der Waals surface area contributed by atoms with Crippen LogP contribution in [0.3, 0.4) is 0 Å². The standard InChI is InChI=1S/C9H15FO4/c1-4(11)6-5(10)7-8(12-6)14-9(2,3)13-7/h4-8,11H,1-3H3/t4-,5+,6-,7-,8-/m1/s1. The van der Waals surface area contributed by atoms with Crippen molar-refractivity contribution in [3.8, 4) is 0 Å². The smallest absolute Gasteiger partial charge is 0.190 e. The van der Waals surface area contributed by atoms with Crippen molar-refractivity contribution in [2.24, 2.45) is 0 Å².